The molecule has 0 fully saturated rings. The van der Waals surface area contributed by atoms with Crippen LogP contribution in [0.15, 0.2) is 18.2 Å². The molecule has 1 aliphatic heterocycles. The molecule has 1 heterocycles. The van der Waals surface area contributed by atoms with Gasteiger partial charge in [-0.3, -0.25) is 0 Å². The lowest BCUT2D eigenvalue weighted by molar-refractivity contribution is -0.313. The van der Waals surface area contributed by atoms with Crippen molar-refractivity contribution < 1.29 is 19.7 Å². The van der Waals surface area contributed by atoms with Crippen LogP contribution in [0.2, 0.25) is 0 Å². The maximum Gasteiger partial charge on any atom is 0.213 e. The molecule has 0 radical (unpaired) electrons. The molecule has 1 aromatic carbocycles. The summed E-state index contributed by atoms with van der Waals surface area (Å²) in [5.41, 5.74) is 0.594. The van der Waals surface area contributed by atoms with Crippen LogP contribution in [0.5, 0.6) is 11.5 Å². The Morgan fingerprint density at radius 3 is 3.00 bits per heavy atom. The predicted octanol–water partition coefficient (Wildman–Crippen LogP) is 0.0770. The van der Waals surface area contributed by atoms with E-state index in [4.69, 9.17) is 4.74 Å². The Balaban J connectivity index is 2.37. The van der Waals surface area contributed by atoms with Gasteiger partial charge in [0.1, 0.15) is 17.5 Å². The SMILES string of the molecule is CCCN1c2cc(O)ccc2OC1C(=O)[O-]. The minimum Gasteiger partial charge on any atom is -0.544 e. The summed E-state index contributed by atoms with van der Waals surface area (Å²) in [6.45, 7) is 2.47. The lowest BCUT2D eigenvalue weighted by atomic mass is 10.2. The summed E-state index contributed by atoms with van der Waals surface area (Å²) in [7, 11) is 0. The average molecular weight is 222 g/mol. The summed E-state index contributed by atoms with van der Waals surface area (Å²) in [6.07, 6.45) is -0.320. The number of carbonyl (C=O) groups excluding carboxylic acids is 1. The number of fused-ring (bicyclic) bond motifs is 1. The number of phenols is 1. The number of carboxylic acid groups (broad SMARTS) is 1. The quantitative estimate of drug-likeness (QED) is 0.783. The van der Waals surface area contributed by atoms with Crippen LogP contribution in [0.4, 0.5) is 5.69 Å². The van der Waals surface area contributed by atoms with Crippen molar-refractivity contribution >= 4 is 11.7 Å². The van der Waals surface area contributed by atoms with Crippen LogP contribution in [0.3, 0.4) is 0 Å². The summed E-state index contributed by atoms with van der Waals surface area (Å²) >= 11 is 0. The second-order valence-electron chi connectivity index (χ2n) is 3.63. The van der Waals surface area contributed by atoms with E-state index in [1.807, 2.05) is 6.92 Å². The fourth-order valence-corrected chi connectivity index (χ4v) is 1.79. The van der Waals surface area contributed by atoms with Crippen LogP contribution >= 0.6 is 0 Å². The molecule has 0 saturated carbocycles. The van der Waals surface area contributed by atoms with Gasteiger partial charge in [-0.25, -0.2) is 0 Å². The number of anilines is 1. The highest BCUT2D eigenvalue weighted by Gasteiger charge is 2.31. The van der Waals surface area contributed by atoms with Gasteiger partial charge in [0.15, 0.2) is 0 Å². The molecule has 1 N–H and O–H groups in total. The number of benzene rings is 1. The molecule has 1 unspecified atom stereocenters. The fraction of sp³-hybridized carbons (Fsp3) is 0.364. The van der Waals surface area contributed by atoms with Gasteiger partial charge in [0.2, 0.25) is 6.23 Å². The number of nitrogens with zero attached hydrogens (tertiary/aromatic N) is 1. The third-order valence-corrected chi connectivity index (χ3v) is 2.44. The van der Waals surface area contributed by atoms with Crippen molar-refractivity contribution in [1.29, 1.82) is 0 Å². The first-order valence-corrected chi connectivity index (χ1v) is 5.10. The minimum absolute atomic E-state index is 0.0856. The van der Waals surface area contributed by atoms with Crippen molar-refractivity contribution in [3.05, 3.63) is 18.2 Å². The van der Waals surface area contributed by atoms with Crippen LogP contribution in [-0.4, -0.2) is 23.8 Å². The van der Waals surface area contributed by atoms with E-state index in [1.165, 1.54) is 12.1 Å². The Kier molecular flexibility index (Phi) is 2.60. The third kappa shape index (κ3) is 1.64. The zero-order chi connectivity index (χ0) is 11.7. The first-order chi connectivity index (χ1) is 7.63. The zero-order valence-corrected chi connectivity index (χ0v) is 8.84. The van der Waals surface area contributed by atoms with Crippen molar-refractivity contribution in [2.75, 3.05) is 11.4 Å². The van der Waals surface area contributed by atoms with Crippen LogP contribution in [0.25, 0.3) is 0 Å². The van der Waals surface area contributed by atoms with E-state index in [9.17, 15) is 15.0 Å². The van der Waals surface area contributed by atoms with Crippen molar-refractivity contribution in [2.24, 2.45) is 0 Å². The first kappa shape index (κ1) is 10.6. The number of rotatable bonds is 3. The van der Waals surface area contributed by atoms with Gasteiger partial charge in [-0.2, -0.15) is 0 Å². The van der Waals surface area contributed by atoms with Gasteiger partial charge >= 0.3 is 0 Å². The number of phenolic OH excluding ortho intramolecular Hbond substituents is 1. The van der Waals surface area contributed by atoms with E-state index in [0.29, 0.717) is 18.0 Å². The van der Waals surface area contributed by atoms with Gasteiger partial charge in [-0.1, -0.05) is 6.92 Å². The largest absolute Gasteiger partial charge is 0.544 e. The van der Waals surface area contributed by atoms with Gasteiger partial charge in [-0.15, -0.1) is 0 Å². The number of aliphatic carboxylic acids is 1. The number of carboxylic acids is 1. The van der Waals surface area contributed by atoms with E-state index < -0.39 is 12.2 Å². The van der Waals surface area contributed by atoms with Gasteiger partial charge in [0, 0.05) is 12.6 Å². The van der Waals surface area contributed by atoms with Gasteiger partial charge in [-0.05, 0) is 18.6 Å². The summed E-state index contributed by atoms with van der Waals surface area (Å²) in [4.78, 5) is 12.5. The Labute approximate surface area is 92.9 Å². The number of ether oxygens (including phenoxy) is 1. The van der Waals surface area contributed by atoms with Crippen LogP contribution in [0.1, 0.15) is 13.3 Å². The molecule has 1 atom stereocenters. The van der Waals surface area contributed by atoms with Crippen molar-refractivity contribution in [1.82, 2.24) is 0 Å². The molecular weight excluding hydrogens is 210 g/mol. The summed E-state index contributed by atoms with van der Waals surface area (Å²) < 4.78 is 5.24. The molecule has 1 aliphatic rings. The second kappa shape index (κ2) is 3.92. The molecular formula is C11H12NO4-. The summed E-state index contributed by atoms with van der Waals surface area (Å²) in [6, 6.07) is 4.50. The first-order valence-electron chi connectivity index (χ1n) is 5.10. The number of hydrogen-bond donors (Lipinski definition) is 1. The summed E-state index contributed by atoms with van der Waals surface area (Å²) in [5, 5.41) is 20.3. The smallest absolute Gasteiger partial charge is 0.213 e. The number of hydrogen-bond acceptors (Lipinski definition) is 5. The molecule has 0 saturated heterocycles. The Hall–Kier alpha value is -1.91. The Bertz CT molecular complexity index is 418. The zero-order valence-electron chi connectivity index (χ0n) is 8.84. The third-order valence-electron chi connectivity index (χ3n) is 2.44. The molecule has 0 aromatic heterocycles. The Morgan fingerprint density at radius 2 is 2.38 bits per heavy atom. The van der Waals surface area contributed by atoms with E-state index in [2.05, 4.69) is 0 Å². The molecule has 1 aromatic rings. The van der Waals surface area contributed by atoms with Crippen molar-refractivity contribution in [2.45, 2.75) is 19.6 Å². The highest BCUT2D eigenvalue weighted by molar-refractivity contribution is 5.80. The normalized spacial score (nSPS) is 18.1. The molecule has 0 spiro atoms. The van der Waals surface area contributed by atoms with E-state index in [-0.39, 0.29) is 5.75 Å². The van der Waals surface area contributed by atoms with Crippen molar-refractivity contribution in [3.63, 3.8) is 0 Å². The van der Waals surface area contributed by atoms with E-state index in [1.54, 1.807) is 11.0 Å². The van der Waals surface area contributed by atoms with Crippen molar-refractivity contribution in [3.8, 4) is 11.5 Å². The fourth-order valence-electron chi connectivity index (χ4n) is 1.79. The molecule has 0 aliphatic carbocycles. The number of carbonyl (C=O) groups is 1. The van der Waals surface area contributed by atoms with Crippen LogP contribution < -0.4 is 14.7 Å². The van der Waals surface area contributed by atoms with Gasteiger partial charge < -0.3 is 24.6 Å². The topological polar surface area (TPSA) is 72.8 Å². The maximum absolute atomic E-state index is 10.9. The molecule has 16 heavy (non-hydrogen) atoms. The molecule has 0 bridgehead atoms. The van der Waals surface area contributed by atoms with Crippen LogP contribution in [0, 0.1) is 0 Å². The van der Waals surface area contributed by atoms with E-state index in [0.717, 1.165) is 6.42 Å². The summed E-state index contributed by atoms with van der Waals surface area (Å²) in [5.74, 6) is -0.730. The molecule has 5 nitrogen and oxygen atoms in total. The highest BCUT2D eigenvalue weighted by Crippen LogP contribution is 2.39. The molecule has 2 rings (SSSR count). The maximum atomic E-state index is 10.9. The Morgan fingerprint density at radius 1 is 1.62 bits per heavy atom. The lowest BCUT2D eigenvalue weighted by Gasteiger charge is -2.25. The molecule has 5 heteroatoms. The minimum atomic E-state index is -1.27. The van der Waals surface area contributed by atoms with Gasteiger partial charge in [0.05, 0.1) is 5.69 Å². The predicted molar refractivity (Wildman–Crippen MR) is 55.2 cm³/mol. The monoisotopic (exact) mass is 222 g/mol. The standard InChI is InChI=1S/C11H13NO4/c1-2-5-12-8-6-7(13)3-4-9(8)16-10(12)11(14)15/h3-4,6,10,13H,2,5H2,1H3,(H,14,15)/p-1. The molecule has 86 valence electrons. The average Bonchev–Trinajstić information content (AvgIpc) is 2.58. The van der Waals surface area contributed by atoms with Crippen LogP contribution in [-0.2, 0) is 4.79 Å². The molecule has 0 amide bonds. The lowest BCUT2D eigenvalue weighted by Crippen LogP contribution is -2.49. The second-order valence-corrected chi connectivity index (χ2v) is 3.63. The van der Waals surface area contributed by atoms with Gasteiger partial charge in [0.25, 0.3) is 0 Å². The van der Waals surface area contributed by atoms with E-state index >= 15 is 0 Å². The highest BCUT2D eigenvalue weighted by atomic mass is 16.5. The number of aromatic hydroxyl groups is 1.